The molecular weight excluding hydrogens is 370 g/mol. The number of rotatable bonds is 4. The minimum absolute atomic E-state index is 0.568. The smallest absolute Gasteiger partial charge is 0.0740 e. The fraction of sp³-hybridized carbons (Fsp3) is 0.370. The number of aliphatic imine (C=N–C) groups is 1. The highest BCUT2D eigenvalue weighted by atomic mass is 32.1. The fourth-order valence-electron chi connectivity index (χ4n) is 3.73. The molecule has 2 heteroatoms. The third kappa shape index (κ3) is 7.03. The van der Waals surface area contributed by atoms with Gasteiger partial charge in [-0.2, -0.15) is 4.99 Å². The fourth-order valence-corrected chi connectivity index (χ4v) is 3.83. The number of benzene rings is 2. The Kier molecular flexibility index (Phi) is 8.27. The first kappa shape index (κ1) is 21.1. The normalized spacial score (nSPS) is 17.8. The molecule has 3 rings (SSSR count). The van der Waals surface area contributed by atoms with Gasteiger partial charge >= 0.3 is 0 Å². The molecule has 2 aromatic rings. The summed E-state index contributed by atoms with van der Waals surface area (Å²) in [6.45, 7) is 2.28. The summed E-state index contributed by atoms with van der Waals surface area (Å²) in [7, 11) is 0. The molecule has 1 aliphatic carbocycles. The molecule has 146 valence electrons. The topological polar surface area (TPSA) is 12.4 Å². The average molecular weight is 398 g/mol. The van der Waals surface area contributed by atoms with E-state index >= 15 is 0 Å². The molecule has 0 aromatic heterocycles. The molecule has 0 amide bonds. The van der Waals surface area contributed by atoms with Crippen LogP contribution in [0.3, 0.4) is 0 Å². The monoisotopic (exact) mass is 397 g/mol. The van der Waals surface area contributed by atoms with E-state index in [1.807, 2.05) is 36.4 Å². The molecule has 1 saturated carbocycles. The van der Waals surface area contributed by atoms with Crippen LogP contribution in [0.1, 0.15) is 68.6 Å². The molecular formula is C27H27NS. The third-order valence-electron chi connectivity index (χ3n) is 5.51. The van der Waals surface area contributed by atoms with Gasteiger partial charge in [-0.3, -0.25) is 0 Å². The number of hydrogen-bond acceptors (Lipinski definition) is 2. The van der Waals surface area contributed by atoms with Crippen molar-refractivity contribution in [1.29, 1.82) is 0 Å². The Morgan fingerprint density at radius 2 is 1.38 bits per heavy atom. The molecule has 0 unspecified atom stereocenters. The highest BCUT2D eigenvalue weighted by Crippen LogP contribution is 2.31. The Morgan fingerprint density at radius 1 is 0.828 bits per heavy atom. The van der Waals surface area contributed by atoms with E-state index in [1.54, 1.807) is 0 Å². The van der Waals surface area contributed by atoms with Crippen molar-refractivity contribution in [3.05, 3.63) is 65.2 Å². The Morgan fingerprint density at radius 3 is 1.93 bits per heavy atom. The lowest BCUT2D eigenvalue weighted by atomic mass is 9.80. The van der Waals surface area contributed by atoms with Crippen molar-refractivity contribution >= 4 is 23.1 Å². The summed E-state index contributed by atoms with van der Waals surface area (Å²) < 4.78 is 0. The van der Waals surface area contributed by atoms with Gasteiger partial charge < -0.3 is 0 Å². The zero-order valence-corrected chi connectivity index (χ0v) is 17.9. The van der Waals surface area contributed by atoms with Gasteiger partial charge in [-0.15, -0.1) is 0 Å². The molecule has 2 aromatic carbocycles. The van der Waals surface area contributed by atoms with E-state index in [0.29, 0.717) is 5.92 Å². The van der Waals surface area contributed by atoms with Crippen LogP contribution in [0, 0.1) is 35.5 Å². The molecule has 1 aliphatic rings. The first-order valence-electron chi connectivity index (χ1n) is 10.6. The van der Waals surface area contributed by atoms with Crippen LogP contribution in [-0.2, 0) is 0 Å². The number of hydrogen-bond donors (Lipinski definition) is 0. The lowest BCUT2D eigenvalue weighted by molar-refractivity contribution is 0.296. The largest absolute Gasteiger partial charge is 0.195 e. The van der Waals surface area contributed by atoms with Crippen molar-refractivity contribution in [2.45, 2.75) is 51.9 Å². The Hall–Kier alpha value is -2.64. The van der Waals surface area contributed by atoms with Crippen LogP contribution >= 0.6 is 12.2 Å². The van der Waals surface area contributed by atoms with Gasteiger partial charge in [0.25, 0.3) is 0 Å². The van der Waals surface area contributed by atoms with Crippen LogP contribution in [0.5, 0.6) is 0 Å². The van der Waals surface area contributed by atoms with Crippen molar-refractivity contribution < 1.29 is 0 Å². The molecule has 1 fully saturated rings. The second kappa shape index (κ2) is 11.4. The first-order chi connectivity index (χ1) is 14.3. The number of thiocarbonyl (C=S) groups is 1. The van der Waals surface area contributed by atoms with Crippen LogP contribution in [0.4, 0.5) is 5.69 Å². The van der Waals surface area contributed by atoms with Crippen LogP contribution in [0.2, 0.25) is 0 Å². The third-order valence-corrected chi connectivity index (χ3v) is 5.60. The van der Waals surface area contributed by atoms with Crippen molar-refractivity contribution in [2.24, 2.45) is 16.8 Å². The average Bonchev–Trinajstić information content (AvgIpc) is 2.77. The van der Waals surface area contributed by atoms with Gasteiger partial charge in [-0.05, 0) is 92.4 Å². The van der Waals surface area contributed by atoms with Gasteiger partial charge in [0.15, 0.2) is 0 Å². The van der Waals surface area contributed by atoms with E-state index in [-0.39, 0.29) is 0 Å². The minimum Gasteiger partial charge on any atom is -0.195 e. The number of isothiocyanates is 1. The lowest BCUT2D eigenvalue weighted by Gasteiger charge is -2.25. The molecule has 29 heavy (non-hydrogen) atoms. The molecule has 0 saturated heterocycles. The summed E-state index contributed by atoms with van der Waals surface area (Å²) in [5, 5.41) is 2.37. The zero-order chi connectivity index (χ0) is 20.3. The Bertz CT molecular complexity index is 950. The number of nitrogens with zero attached hydrogens (tertiary/aromatic N) is 1. The molecule has 0 spiro atoms. The highest BCUT2D eigenvalue weighted by molar-refractivity contribution is 7.78. The van der Waals surface area contributed by atoms with Crippen molar-refractivity contribution in [3.8, 4) is 23.7 Å². The summed E-state index contributed by atoms with van der Waals surface area (Å²) in [5.74, 6) is 14.8. The second-order valence-corrected chi connectivity index (χ2v) is 7.89. The van der Waals surface area contributed by atoms with Gasteiger partial charge in [0.1, 0.15) is 0 Å². The van der Waals surface area contributed by atoms with E-state index in [1.165, 1.54) is 44.9 Å². The van der Waals surface area contributed by atoms with Crippen LogP contribution in [-0.4, -0.2) is 5.16 Å². The van der Waals surface area contributed by atoms with E-state index in [9.17, 15) is 0 Å². The van der Waals surface area contributed by atoms with E-state index in [0.717, 1.165) is 28.3 Å². The number of unbranched alkanes of at least 4 members (excludes halogenated alkanes) is 1. The standard InChI is InChI=1S/C27H27NS/c1-2-3-4-22-5-7-23(8-6-22)9-10-24-11-13-25(14-12-24)15-16-26-17-19-27(20-18-26)28-21-29/h11-14,17-20,22-23H,2-8H2,1H3. The summed E-state index contributed by atoms with van der Waals surface area (Å²) in [6, 6.07) is 15.9. The molecule has 1 nitrogen and oxygen atoms in total. The van der Waals surface area contributed by atoms with Crippen molar-refractivity contribution in [3.63, 3.8) is 0 Å². The van der Waals surface area contributed by atoms with Gasteiger partial charge in [0, 0.05) is 22.6 Å². The molecule has 0 bridgehead atoms. The van der Waals surface area contributed by atoms with Crippen LogP contribution in [0.15, 0.2) is 53.5 Å². The molecule has 0 aliphatic heterocycles. The van der Waals surface area contributed by atoms with Crippen molar-refractivity contribution in [1.82, 2.24) is 0 Å². The quantitative estimate of drug-likeness (QED) is 0.303. The summed E-state index contributed by atoms with van der Waals surface area (Å²) >= 11 is 4.61. The second-order valence-electron chi connectivity index (χ2n) is 7.71. The Labute approximate surface area is 180 Å². The lowest BCUT2D eigenvalue weighted by Crippen LogP contribution is -2.13. The molecule has 0 radical (unpaired) electrons. The molecule has 0 atom stereocenters. The SMILES string of the molecule is CCCCC1CCC(C#Cc2ccc(C#Cc3ccc(N=C=S)cc3)cc2)CC1. The Balaban J connectivity index is 1.54. The van der Waals surface area contributed by atoms with Gasteiger partial charge in [-0.1, -0.05) is 49.9 Å². The highest BCUT2D eigenvalue weighted by Gasteiger charge is 2.19. The maximum absolute atomic E-state index is 4.61. The van der Waals surface area contributed by atoms with E-state index in [2.05, 4.69) is 65.1 Å². The predicted octanol–water partition coefficient (Wildman–Crippen LogP) is 7.17. The van der Waals surface area contributed by atoms with Gasteiger partial charge in [0.05, 0.1) is 10.8 Å². The summed E-state index contributed by atoms with van der Waals surface area (Å²) in [5.41, 5.74) is 3.81. The van der Waals surface area contributed by atoms with E-state index in [4.69, 9.17) is 0 Å². The maximum Gasteiger partial charge on any atom is 0.0740 e. The summed E-state index contributed by atoms with van der Waals surface area (Å²) in [4.78, 5) is 3.95. The van der Waals surface area contributed by atoms with Gasteiger partial charge in [-0.25, -0.2) is 0 Å². The zero-order valence-electron chi connectivity index (χ0n) is 17.1. The molecule has 0 heterocycles. The minimum atomic E-state index is 0.568. The van der Waals surface area contributed by atoms with E-state index < -0.39 is 0 Å². The van der Waals surface area contributed by atoms with Crippen LogP contribution < -0.4 is 0 Å². The maximum atomic E-state index is 4.61. The van der Waals surface area contributed by atoms with Crippen molar-refractivity contribution in [2.75, 3.05) is 0 Å². The summed E-state index contributed by atoms with van der Waals surface area (Å²) in [6.07, 6.45) is 9.34. The van der Waals surface area contributed by atoms with Gasteiger partial charge in [0.2, 0.25) is 0 Å². The first-order valence-corrected chi connectivity index (χ1v) is 11.0. The van der Waals surface area contributed by atoms with Crippen LogP contribution in [0.25, 0.3) is 0 Å². The predicted molar refractivity (Wildman–Crippen MR) is 125 cm³/mol. The molecule has 0 N–H and O–H groups in total.